The molecule has 2 N–H and O–H groups in total. The van der Waals surface area contributed by atoms with Gasteiger partial charge in [-0.25, -0.2) is 0 Å². The first kappa shape index (κ1) is 13.7. The minimum atomic E-state index is -1.20. The lowest BCUT2D eigenvalue weighted by atomic mass is 9.53. The Hall–Kier alpha value is -1.28. The SMILES string of the molecule is CC1(C)[NH+]2CC3([N+](=O)[O-])C[NH+]1CC([N+](=O)[O-])(C2)C3(C)C. The van der Waals surface area contributed by atoms with E-state index < -0.39 is 16.5 Å². The summed E-state index contributed by atoms with van der Waals surface area (Å²) < 4.78 is 0. The van der Waals surface area contributed by atoms with E-state index in [1.165, 1.54) is 0 Å². The maximum absolute atomic E-state index is 11.8. The van der Waals surface area contributed by atoms with E-state index in [2.05, 4.69) is 13.8 Å². The Morgan fingerprint density at radius 2 is 1.10 bits per heavy atom. The Morgan fingerprint density at radius 1 is 0.800 bits per heavy atom. The lowest BCUT2D eigenvalue weighted by Gasteiger charge is -2.63. The van der Waals surface area contributed by atoms with Crippen molar-refractivity contribution in [3.05, 3.63) is 20.2 Å². The largest absolute Gasteiger partial charge is 0.329 e. The first-order chi connectivity index (χ1) is 9.01. The van der Waals surface area contributed by atoms with Gasteiger partial charge in [0.1, 0.15) is 5.41 Å². The lowest BCUT2D eigenvalue weighted by Crippen LogP contribution is -3.50. The Bertz CT molecular complexity index is 462. The molecule has 4 bridgehead atoms. The fraction of sp³-hybridized carbons (Fsp3) is 1.00. The van der Waals surface area contributed by atoms with E-state index in [0.717, 1.165) is 9.80 Å². The second-order valence-corrected chi connectivity index (χ2v) is 7.74. The molecule has 8 nitrogen and oxygen atoms in total. The predicted octanol–water partition coefficient (Wildman–Crippen LogP) is -2.41. The molecule has 4 saturated heterocycles. The fourth-order valence-electron chi connectivity index (χ4n) is 4.83. The van der Waals surface area contributed by atoms with Crippen LogP contribution >= 0.6 is 0 Å². The van der Waals surface area contributed by atoms with Crippen LogP contribution in [0.15, 0.2) is 0 Å². The highest BCUT2D eigenvalue weighted by Crippen LogP contribution is 2.48. The number of hydrogen-bond acceptors (Lipinski definition) is 4. The van der Waals surface area contributed by atoms with Crippen molar-refractivity contribution in [2.45, 2.75) is 44.4 Å². The van der Waals surface area contributed by atoms with Crippen molar-refractivity contribution in [3.63, 3.8) is 0 Å². The van der Waals surface area contributed by atoms with E-state index in [-0.39, 0.29) is 15.5 Å². The maximum Gasteiger partial charge on any atom is 0.329 e. The van der Waals surface area contributed by atoms with E-state index in [0.29, 0.717) is 26.2 Å². The average molecular weight is 286 g/mol. The van der Waals surface area contributed by atoms with Crippen LogP contribution in [-0.4, -0.2) is 52.8 Å². The molecule has 0 aliphatic carbocycles. The van der Waals surface area contributed by atoms with E-state index in [9.17, 15) is 20.2 Å². The van der Waals surface area contributed by atoms with Gasteiger partial charge in [0.2, 0.25) is 5.66 Å². The molecule has 4 rings (SSSR count). The molecular formula is C12H22N4O4+2. The van der Waals surface area contributed by atoms with E-state index in [1.54, 1.807) is 13.8 Å². The molecule has 0 unspecified atom stereocenters. The number of rotatable bonds is 2. The Labute approximate surface area is 117 Å². The van der Waals surface area contributed by atoms with Gasteiger partial charge in [-0.05, 0) is 13.8 Å². The Morgan fingerprint density at radius 3 is 1.35 bits per heavy atom. The van der Waals surface area contributed by atoms with Crippen LogP contribution in [0.4, 0.5) is 0 Å². The van der Waals surface area contributed by atoms with Gasteiger partial charge < -0.3 is 0 Å². The van der Waals surface area contributed by atoms with Gasteiger partial charge in [-0.2, -0.15) is 0 Å². The third-order valence-electron chi connectivity index (χ3n) is 6.82. The van der Waals surface area contributed by atoms with Crippen LogP contribution in [-0.2, 0) is 0 Å². The molecule has 0 spiro atoms. The third kappa shape index (κ3) is 1.12. The number of nitrogens with zero attached hydrogens (tertiary/aromatic N) is 2. The smallest absolute Gasteiger partial charge is 0.272 e. The number of nitro groups is 2. The molecule has 0 atom stereocenters. The molecule has 0 aromatic rings. The third-order valence-corrected chi connectivity index (χ3v) is 6.82. The molecule has 4 aliphatic heterocycles. The summed E-state index contributed by atoms with van der Waals surface area (Å²) in [6.07, 6.45) is 0. The van der Waals surface area contributed by atoms with Crippen LogP contribution in [0.1, 0.15) is 27.7 Å². The van der Waals surface area contributed by atoms with Gasteiger partial charge in [0.05, 0.1) is 0 Å². The monoisotopic (exact) mass is 286 g/mol. The van der Waals surface area contributed by atoms with Crippen molar-refractivity contribution in [2.24, 2.45) is 5.41 Å². The molecule has 4 fully saturated rings. The number of hydrogen-bond donors (Lipinski definition) is 2. The summed E-state index contributed by atoms with van der Waals surface area (Å²) in [6, 6.07) is 0. The van der Waals surface area contributed by atoms with Crippen LogP contribution in [0.3, 0.4) is 0 Å². The van der Waals surface area contributed by atoms with Crippen LogP contribution in [0.25, 0.3) is 0 Å². The molecule has 112 valence electrons. The standard InChI is InChI=1S/C12H20N4O4/c1-9(2)11(15(17)18)5-13-7-12(9,16(19)20)8-14(6-11)10(13,3)4/h5-8H2,1-4H3/p+2. The van der Waals surface area contributed by atoms with Crippen LogP contribution < -0.4 is 9.80 Å². The molecule has 0 radical (unpaired) electrons. The van der Waals surface area contributed by atoms with Gasteiger partial charge in [-0.3, -0.25) is 30.0 Å². The normalized spacial score (nSPS) is 47.2. The molecule has 4 heterocycles. The second kappa shape index (κ2) is 3.30. The molecule has 4 aliphatic rings. The van der Waals surface area contributed by atoms with Crippen molar-refractivity contribution in [3.8, 4) is 0 Å². The average Bonchev–Trinajstić information content (AvgIpc) is 2.25. The fourth-order valence-corrected chi connectivity index (χ4v) is 4.83. The van der Waals surface area contributed by atoms with E-state index in [4.69, 9.17) is 0 Å². The summed E-state index contributed by atoms with van der Waals surface area (Å²) in [4.78, 5) is 25.1. The Balaban J connectivity index is 2.23. The molecule has 0 amide bonds. The summed E-state index contributed by atoms with van der Waals surface area (Å²) in [6.45, 7) is 9.12. The summed E-state index contributed by atoms with van der Waals surface area (Å²) in [5.41, 5.74) is -3.51. The van der Waals surface area contributed by atoms with Gasteiger partial charge in [0.25, 0.3) is 0 Å². The summed E-state index contributed by atoms with van der Waals surface area (Å²) in [5, 5.41) is 23.6. The minimum Gasteiger partial charge on any atom is -0.272 e. The van der Waals surface area contributed by atoms with Crippen LogP contribution in [0, 0.1) is 25.6 Å². The Kier molecular flexibility index (Phi) is 2.26. The quantitative estimate of drug-likeness (QED) is 0.437. The predicted molar refractivity (Wildman–Crippen MR) is 68.7 cm³/mol. The zero-order valence-electron chi connectivity index (χ0n) is 12.4. The molecule has 0 aromatic carbocycles. The van der Waals surface area contributed by atoms with Crippen LogP contribution in [0.2, 0.25) is 0 Å². The summed E-state index contributed by atoms with van der Waals surface area (Å²) >= 11 is 0. The first-order valence-corrected chi connectivity index (χ1v) is 7.01. The summed E-state index contributed by atoms with van der Waals surface area (Å²) in [7, 11) is 0. The first-order valence-electron chi connectivity index (χ1n) is 7.01. The zero-order valence-corrected chi connectivity index (χ0v) is 12.4. The van der Waals surface area contributed by atoms with E-state index >= 15 is 0 Å². The number of quaternary nitrogens is 2. The summed E-state index contributed by atoms with van der Waals surface area (Å²) in [5.74, 6) is 0. The highest BCUT2D eigenvalue weighted by atomic mass is 16.6. The van der Waals surface area contributed by atoms with Gasteiger partial charge in [-0.15, -0.1) is 0 Å². The number of nitrogens with one attached hydrogen (secondary N) is 2. The molecule has 0 saturated carbocycles. The lowest BCUT2D eigenvalue weighted by molar-refractivity contribution is -1.22. The molecule has 8 heteroatoms. The van der Waals surface area contributed by atoms with Crippen molar-refractivity contribution in [1.29, 1.82) is 0 Å². The second-order valence-electron chi connectivity index (χ2n) is 7.74. The van der Waals surface area contributed by atoms with Crippen molar-refractivity contribution >= 4 is 0 Å². The van der Waals surface area contributed by atoms with E-state index in [1.807, 2.05) is 0 Å². The molecular weight excluding hydrogens is 264 g/mol. The van der Waals surface area contributed by atoms with Gasteiger partial charge >= 0.3 is 11.1 Å². The van der Waals surface area contributed by atoms with Crippen molar-refractivity contribution in [2.75, 3.05) is 26.2 Å². The van der Waals surface area contributed by atoms with Gasteiger partial charge in [0, 0.05) is 23.7 Å². The molecule has 20 heavy (non-hydrogen) atoms. The van der Waals surface area contributed by atoms with Crippen molar-refractivity contribution in [1.82, 2.24) is 0 Å². The highest BCUT2D eigenvalue weighted by Gasteiger charge is 2.88. The maximum atomic E-state index is 11.8. The number of piperidine rings is 2. The van der Waals surface area contributed by atoms with Gasteiger partial charge in [-0.1, -0.05) is 0 Å². The van der Waals surface area contributed by atoms with Crippen molar-refractivity contribution < 1.29 is 19.6 Å². The highest BCUT2D eigenvalue weighted by molar-refractivity contribution is 5.12. The minimum absolute atomic E-state index is 0.185. The van der Waals surface area contributed by atoms with Gasteiger partial charge in [0.15, 0.2) is 26.2 Å². The molecule has 0 aromatic heterocycles. The van der Waals surface area contributed by atoms with Crippen LogP contribution in [0.5, 0.6) is 0 Å². The topological polar surface area (TPSA) is 95.2 Å². The zero-order chi connectivity index (χ0) is 15.1.